The molecule has 2 atom stereocenters. The van der Waals surface area contributed by atoms with E-state index in [0.29, 0.717) is 12.1 Å². The zero-order valence-corrected chi connectivity index (χ0v) is 9.65. The number of nitrogens with zero attached hydrogens (tertiary/aromatic N) is 3. The summed E-state index contributed by atoms with van der Waals surface area (Å²) in [6.45, 7) is 4.89. The van der Waals surface area contributed by atoms with Gasteiger partial charge >= 0.3 is 0 Å². The Hall–Kier alpha value is -0.940. The number of fused-ring (bicyclic) bond motifs is 1. The van der Waals surface area contributed by atoms with Gasteiger partial charge in [-0.1, -0.05) is 5.21 Å². The first-order valence-electron chi connectivity index (χ1n) is 6.10. The number of nitrogens with one attached hydrogen (secondary N) is 1. The summed E-state index contributed by atoms with van der Waals surface area (Å²) in [6.07, 6.45) is 3.52. The molecule has 1 N–H and O–H groups in total. The molecule has 0 amide bonds. The van der Waals surface area contributed by atoms with E-state index in [2.05, 4.69) is 27.2 Å². The number of aromatic nitrogens is 3. The maximum absolute atomic E-state index is 5.58. The summed E-state index contributed by atoms with van der Waals surface area (Å²) in [6, 6.07) is 0.484. The predicted octanol–water partition coefficient (Wildman–Crippen LogP) is 0.664. The van der Waals surface area contributed by atoms with E-state index in [1.54, 1.807) is 0 Å². The average molecular weight is 222 g/mol. The molecule has 0 saturated carbocycles. The van der Waals surface area contributed by atoms with Crippen LogP contribution in [0.15, 0.2) is 0 Å². The molecule has 0 aromatic carbocycles. The van der Waals surface area contributed by atoms with Crippen molar-refractivity contribution < 1.29 is 4.74 Å². The molecule has 1 aromatic heterocycles. The van der Waals surface area contributed by atoms with Gasteiger partial charge in [0.1, 0.15) is 0 Å². The van der Waals surface area contributed by atoms with Crippen LogP contribution in [0.1, 0.15) is 37.2 Å². The molecule has 88 valence electrons. The second-order valence-electron chi connectivity index (χ2n) is 4.71. The molecule has 5 nitrogen and oxygen atoms in total. The minimum atomic E-state index is 0.348. The maximum atomic E-state index is 5.58. The Kier molecular flexibility index (Phi) is 2.65. The first-order valence-corrected chi connectivity index (χ1v) is 6.10. The highest BCUT2D eigenvalue weighted by molar-refractivity contribution is 5.14. The number of rotatable bonds is 1. The van der Waals surface area contributed by atoms with Crippen molar-refractivity contribution in [2.24, 2.45) is 0 Å². The summed E-state index contributed by atoms with van der Waals surface area (Å²) in [4.78, 5) is 0. The summed E-state index contributed by atoms with van der Waals surface area (Å²) in [5, 5.41) is 11.9. The Labute approximate surface area is 95.2 Å². The molecule has 2 unspecified atom stereocenters. The SMILES string of the molecule is CC1CC(n2nnc3c2CCNC3)CCO1. The lowest BCUT2D eigenvalue weighted by molar-refractivity contribution is 0.00256. The second-order valence-corrected chi connectivity index (χ2v) is 4.71. The molecule has 0 bridgehead atoms. The third-order valence-corrected chi connectivity index (χ3v) is 3.51. The van der Waals surface area contributed by atoms with Crippen LogP contribution in [0, 0.1) is 0 Å². The molecule has 0 aliphatic carbocycles. The van der Waals surface area contributed by atoms with E-state index >= 15 is 0 Å². The summed E-state index contributed by atoms with van der Waals surface area (Å²) in [7, 11) is 0. The quantitative estimate of drug-likeness (QED) is 0.758. The summed E-state index contributed by atoms with van der Waals surface area (Å²) in [5.41, 5.74) is 2.46. The van der Waals surface area contributed by atoms with Gasteiger partial charge in [0.2, 0.25) is 0 Å². The van der Waals surface area contributed by atoms with Crippen molar-refractivity contribution in [1.29, 1.82) is 0 Å². The lowest BCUT2D eigenvalue weighted by Gasteiger charge is -2.28. The molecule has 2 aliphatic heterocycles. The average Bonchev–Trinajstić information content (AvgIpc) is 2.72. The summed E-state index contributed by atoms with van der Waals surface area (Å²) in [5.74, 6) is 0. The van der Waals surface area contributed by atoms with Crippen LogP contribution in [0.5, 0.6) is 0 Å². The molecular formula is C11H18N4O. The molecule has 1 fully saturated rings. The Morgan fingerprint density at radius 1 is 1.50 bits per heavy atom. The fourth-order valence-electron chi connectivity index (χ4n) is 2.65. The Morgan fingerprint density at radius 2 is 2.44 bits per heavy atom. The van der Waals surface area contributed by atoms with Crippen LogP contribution in [-0.2, 0) is 17.7 Å². The molecule has 3 heterocycles. The Bertz CT molecular complexity index is 376. The van der Waals surface area contributed by atoms with Crippen molar-refractivity contribution in [3.63, 3.8) is 0 Å². The zero-order valence-electron chi connectivity index (χ0n) is 9.65. The maximum Gasteiger partial charge on any atom is 0.0997 e. The van der Waals surface area contributed by atoms with Gasteiger partial charge in [0.05, 0.1) is 23.5 Å². The third kappa shape index (κ3) is 1.74. The molecule has 0 radical (unpaired) electrons. The van der Waals surface area contributed by atoms with Gasteiger partial charge in [-0.25, -0.2) is 4.68 Å². The standard InChI is InChI=1S/C11H18N4O/c1-8-6-9(3-5-16-8)15-11-2-4-12-7-10(11)13-14-15/h8-9,12H,2-7H2,1H3. The van der Waals surface area contributed by atoms with E-state index in [1.807, 2.05) is 0 Å². The largest absolute Gasteiger partial charge is 0.378 e. The predicted molar refractivity (Wildman–Crippen MR) is 59.1 cm³/mol. The van der Waals surface area contributed by atoms with E-state index in [1.165, 1.54) is 5.69 Å². The van der Waals surface area contributed by atoms with Crippen molar-refractivity contribution in [2.45, 2.75) is 44.9 Å². The molecule has 1 aromatic rings. The van der Waals surface area contributed by atoms with Crippen LogP contribution >= 0.6 is 0 Å². The van der Waals surface area contributed by atoms with Crippen LogP contribution in [-0.4, -0.2) is 34.2 Å². The minimum Gasteiger partial charge on any atom is -0.378 e. The number of ether oxygens (including phenoxy) is 1. The summed E-state index contributed by atoms with van der Waals surface area (Å²) < 4.78 is 7.72. The van der Waals surface area contributed by atoms with Gasteiger partial charge in [-0.3, -0.25) is 0 Å². The van der Waals surface area contributed by atoms with Crippen molar-refractivity contribution >= 4 is 0 Å². The van der Waals surface area contributed by atoms with Gasteiger partial charge in [0, 0.05) is 26.1 Å². The molecule has 2 aliphatic rings. The van der Waals surface area contributed by atoms with Crippen molar-refractivity contribution in [1.82, 2.24) is 20.3 Å². The minimum absolute atomic E-state index is 0.348. The number of hydrogen-bond acceptors (Lipinski definition) is 4. The van der Waals surface area contributed by atoms with Crippen LogP contribution in [0.3, 0.4) is 0 Å². The molecule has 0 spiro atoms. The normalized spacial score (nSPS) is 30.1. The second kappa shape index (κ2) is 4.14. The van der Waals surface area contributed by atoms with Crippen molar-refractivity contribution in [3.05, 3.63) is 11.4 Å². The van der Waals surface area contributed by atoms with Crippen LogP contribution < -0.4 is 5.32 Å². The fourth-order valence-corrected chi connectivity index (χ4v) is 2.65. The van der Waals surface area contributed by atoms with E-state index < -0.39 is 0 Å². The summed E-state index contributed by atoms with van der Waals surface area (Å²) >= 11 is 0. The van der Waals surface area contributed by atoms with Crippen LogP contribution in [0.25, 0.3) is 0 Å². The van der Waals surface area contributed by atoms with Crippen LogP contribution in [0.4, 0.5) is 0 Å². The molecule has 3 rings (SSSR count). The first kappa shape index (κ1) is 10.2. The van der Waals surface area contributed by atoms with Gasteiger partial charge in [-0.05, 0) is 19.8 Å². The van der Waals surface area contributed by atoms with Gasteiger partial charge < -0.3 is 10.1 Å². The highest BCUT2D eigenvalue weighted by Gasteiger charge is 2.26. The fraction of sp³-hybridized carbons (Fsp3) is 0.818. The van der Waals surface area contributed by atoms with E-state index in [4.69, 9.17) is 4.74 Å². The number of hydrogen-bond donors (Lipinski definition) is 1. The van der Waals surface area contributed by atoms with Gasteiger partial charge in [-0.15, -0.1) is 5.10 Å². The van der Waals surface area contributed by atoms with E-state index in [-0.39, 0.29) is 0 Å². The smallest absolute Gasteiger partial charge is 0.0997 e. The topological polar surface area (TPSA) is 52.0 Å². The first-order chi connectivity index (χ1) is 7.84. The lowest BCUT2D eigenvalue weighted by Crippen LogP contribution is -2.30. The zero-order chi connectivity index (χ0) is 11.0. The molecule has 1 saturated heterocycles. The van der Waals surface area contributed by atoms with E-state index in [9.17, 15) is 0 Å². The highest BCUT2D eigenvalue weighted by atomic mass is 16.5. The molecule has 5 heteroatoms. The van der Waals surface area contributed by atoms with E-state index in [0.717, 1.165) is 44.7 Å². The van der Waals surface area contributed by atoms with Crippen molar-refractivity contribution in [3.8, 4) is 0 Å². The van der Waals surface area contributed by atoms with Crippen LogP contribution in [0.2, 0.25) is 0 Å². The monoisotopic (exact) mass is 222 g/mol. The Balaban J connectivity index is 1.85. The molecular weight excluding hydrogens is 204 g/mol. The lowest BCUT2D eigenvalue weighted by atomic mass is 10.0. The van der Waals surface area contributed by atoms with Gasteiger partial charge in [0.15, 0.2) is 0 Å². The Morgan fingerprint density at radius 3 is 3.31 bits per heavy atom. The highest BCUT2D eigenvalue weighted by Crippen LogP contribution is 2.26. The van der Waals surface area contributed by atoms with Crippen molar-refractivity contribution in [2.75, 3.05) is 13.2 Å². The van der Waals surface area contributed by atoms with Gasteiger partial charge in [0.25, 0.3) is 0 Å². The molecule has 16 heavy (non-hydrogen) atoms. The van der Waals surface area contributed by atoms with Gasteiger partial charge in [-0.2, -0.15) is 0 Å². The third-order valence-electron chi connectivity index (χ3n) is 3.51.